The van der Waals surface area contributed by atoms with Crippen molar-refractivity contribution in [3.8, 4) is 0 Å². The molecule has 0 saturated heterocycles. The fourth-order valence-corrected chi connectivity index (χ4v) is 1.43. The molecule has 0 aliphatic carbocycles. The summed E-state index contributed by atoms with van der Waals surface area (Å²) in [6.07, 6.45) is 2.04. The van der Waals surface area contributed by atoms with Crippen molar-refractivity contribution in [2.75, 3.05) is 34.7 Å². The molecule has 0 aromatic heterocycles. The molecule has 1 atom stereocenters. The standard InChI is InChI=1S/C10H22N2O/c1-9(13)10(12(4)5)7-6-8-11(2)3/h10H,6-8H2,1-5H3. The number of nitrogens with zero attached hydrogens (tertiary/aromatic N) is 2. The number of rotatable bonds is 6. The molecule has 0 N–H and O–H groups in total. The summed E-state index contributed by atoms with van der Waals surface area (Å²) < 4.78 is 0. The molecule has 0 rings (SSSR count). The molecular formula is C10H22N2O. The van der Waals surface area contributed by atoms with Crippen LogP contribution in [-0.4, -0.2) is 56.4 Å². The van der Waals surface area contributed by atoms with E-state index in [1.807, 2.05) is 19.0 Å². The van der Waals surface area contributed by atoms with Crippen LogP contribution in [0.15, 0.2) is 0 Å². The number of carbonyl (C=O) groups is 1. The minimum atomic E-state index is 0.0972. The highest BCUT2D eigenvalue weighted by atomic mass is 16.1. The lowest BCUT2D eigenvalue weighted by atomic mass is 10.1. The summed E-state index contributed by atoms with van der Waals surface area (Å²) in [5.74, 6) is 0.267. The van der Waals surface area contributed by atoms with E-state index in [0.29, 0.717) is 0 Å². The van der Waals surface area contributed by atoms with E-state index in [-0.39, 0.29) is 11.8 Å². The van der Waals surface area contributed by atoms with Crippen molar-refractivity contribution in [2.45, 2.75) is 25.8 Å². The molecule has 0 bridgehead atoms. The molecule has 0 spiro atoms. The third-order valence-corrected chi connectivity index (χ3v) is 2.18. The van der Waals surface area contributed by atoms with Gasteiger partial charge >= 0.3 is 0 Å². The van der Waals surface area contributed by atoms with Gasteiger partial charge in [0, 0.05) is 0 Å². The predicted octanol–water partition coefficient (Wildman–Crippen LogP) is 0.847. The van der Waals surface area contributed by atoms with Crippen LogP contribution in [0.25, 0.3) is 0 Å². The molecule has 3 nitrogen and oxygen atoms in total. The Morgan fingerprint density at radius 1 is 1.23 bits per heavy atom. The summed E-state index contributed by atoms with van der Waals surface area (Å²) in [7, 11) is 8.03. The quantitative estimate of drug-likeness (QED) is 0.614. The average Bonchev–Trinajstić information content (AvgIpc) is 1.95. The Hall–Kier alpha value is -0.410. The van der Waals surface area contributed by atoms with Crippen molar-refractivity contribution in [2.24, 2.45) is 0 Å². The Morgan fingerprint density at radius 3 is 2.08 bits per heavy atom. The van der Waals surface area contributed by atoms with Gasteiger partial charge in [0.1, 0.15) is 5.78 Å². The van der Waals surface area contributed by atoms with Crippen molar-refractivity contribution in [1.82, 2.24) is 9.80 Å². The first kappa shape index (κ1) is 12.6. The Kier molecular flexibility index (Phi) is 5.91. The zero-order valence-corrected chi connectivity index (χ0v) is 9.50. The molecule has 0 aliphatic heterocycles. The van der Waals surface area contributed by atoms with Crippen LogP contribution in [-0.2, 0) is 4.79 Å². The highest BCUT2D eigenvalue weighted by Gasteiger charge is 2.15. The van der Waals surface area contributed by atoms with Crippen molar-refractivity contribution < 1.29 is 4.79 Å². The molecule has 78 valence electrons. The van der Waals surface area contributed by atoms with Gasteiger partial charge in [-0.2, -0.15) is 0 Å². The minimum absolute atomic E-state index is 0.0972. The van der Waals surface area contributed by atoms with Crippen LogP contribution in [0, 0.1) is 0 Å². The summed E-state index contributed by atoms with van der Waals surface area (Å²) in [6.45, 7) is 2.72. The summed E-state index contributed by atoms with van der Waals surface area (Å²) in [4.78, 5) is 15.3. The number of hydrogen-bond acceptors (Lipinski definition) is 3. The van der Waals surface area contributed by atoms with Crippen molar-refractivity contribution >= 4 is 5.78 Å². The highest BCUT2D eigenvalue weighted by molar-refractivity contribution is 5.81. The van der Waals surface area contributed by atoms with E-state index < -0.39 is 0 Å². The number of likely N-dealkylation sites (N-methyl/N-ethyl adjacent to an activating group) is 1. The Labute approximate surface area is 81.7 Å². The van der Waals surface area contributed by atoms with Crippen molar-refractivity contribution in [1.29, 1.82) is 0 Å². The lowest BCUT2D eigenvalue weighted by Gasteiger charge is -2.22. The fraction of sp³-hybridized carbons (Fsp3) is 0.900. The van der Waals surface area contributed by atoms with E-state index in [2.05, 4.69) is 19.0 Å². The van der Waals surface area contributed by atoms with Crippen molar-refractivity contribution in [3.63, 3.8) is 0 Å². The topological polar surface area (TPSA) is 23.6 Å². The highest BCUT2D eigenvalue weighted by Crippen LogP contribution is 2.04. The molecule has 0 aromatic carbocycles. The maximum absolute atomic E-state index is 11.2. The van der Waals surface area contributed by atoms with Gasteiger partial charge in [0.2, 0.25) is 0 Å². The van der Waals surface area contributed by atoms with Gasteiger partial charge in [-0.15, -0.1) is 0 Å². The molecule has 0 aliphatic rings. The van der Waals surface area contributed by atoms with Gasteiger partial charge in [0.05, 0.1) is 6.04 Å². The second-order valence-corrected chi connectivity index (χ2v) is 4.04. The molecule has 1 unspecified atom stereocenters. The van der Waals surface area contributed by atoms with Gasteiger partial charge < -0.3 is 4.90 Å². The molecular weight excluding hydrogens is 164 g/mol. The normalized spacial score (nSPS) is 13.8. The van der Waals surface area contributed by atoms with Crippen LogP contribution in [0.5, 0.6) is 0 Å². The molecule has 0 saturated carbocycles. The van der Waals surface area contributed by atoms with E-state index >= 15 is 0 Å². The minimum Gasteiger partial charge on any atom is -0.309 e. The smallest absolute Gasteiger partial charge is 0.146 e. The SMILES string of the molecule is CC(=O)C(CCCN(C)C)N(C)C. The Bertz CT molecular complexity index is 155. The van der Waals surface area contributed by atoms with Crippen LogP contribution in [0.3, 0.4) is 0 Å². The van der Waals surface area contributed by atoms with Gasteiger partial charge in [0.15, 0.2) is 0 Å². The summed E-state index contributed by atoms with van der Waals surface area (Å²) >= 11 is 0. The number of ketones is 1. The van der Waals surface area contributed by atoms with E-state index in [9.17, 15) is 4.79 Å². The zero-order valence-electron chi connectivity index (χ0n) is 9.50. The van der Waals surface area contributed by atoms with Crippen LogP contribution in [0.4, 0.5) is 0 Å². The first-order valence-corrected chi connectivity index (χ1v) is 4.76. The predicted molar refractivity (Wildman–Crippen MR) is 55.9 cm³/mol. The van der Waals surface area contributed by atoms with E-state index in [4.69, 9.17) is 0 Å². The second-order valence-electron chi connectivity index (χ2n) is 4.04. The van der Waals surface area contributed by atoms with Gasteiger partial charge in [-0.1, -0.05) is 0 Å². The monoisotopic (exact) mass is 186 g/mol. The maximum atomic E-state index is 11.2. The lowest BCUT2D eigenvalue weighted by Crippen LogP contribution is -2.34. The Balaban J connectivity index is 3.77. The van der Waals surface area contributed by atoms with Gasteiger partial charge in [-0.05, 0) is 54.5 Å². The number of hydrogen-bond donors (Lipinski definition) is 0. The largest absolute Gasteiger partial charge is 0.309 e. The van der Waals surface area contributed by atoms with Crippen molar-refractivity contribution in [3.05, 3.63) is 0 Å². The van der Waals surface area contributed by atoms with Crippen LogP contribution >= 0.6 is 0 Å². The Morgan fingerprint density at radius 2 is 1.77 bits per heavy atom. The fourth-order valence-electron chi connectivity index (χ4n) is 1.43. The third-order valence-electron chi connectivity index (χ3n) is 2.18. The lowest BCUT2D eigenvalue weighted by molar-refractivity contribution is -0.121. The molecule has 0 radical (unpaired) electrons. The van der Waals surface area contributed by atoms with Gasteiger partial charge in [-0.25, -0.2) is 0 Å². The first-order chi connectivity index (χ1) is 5.95. The van der Waals surface area contributed by atoms with E-state index in [1.165, 1.54) is 0 Å². The summed E-state index contributed by atoms with van der Waals surface area (Å²) in [5, 5.41) is 0. The van der Waals surface area contributed by atoms with Crippen LogP contribution < -0.4 is 0 Å². The van der Waals surface area contributed by atoms with Crippen LogP contribution in [0.2, 0.25) is 0 Å². The first-order valence-electron chi connectivity index (χ1n) is 4.76. The zero-order chi connectivity index (χ0) is 10.4. The second kappa shape index (κ2) is 6.11. The summed E-state index contributed by atoms with van der Waals surface area (Å²) in [5.41, 5.74) is 0. The van der Waals surface area contributed by atoms with E-state index in [1.54, 1.807) is 6.92 Å². The molecule has 0 heterocycles. The van der Waals surface area contributed by atoms with Gasteiger partial charge in [-0.3, -0.25) is 9.69 Å². The van der Waals surface area contributed by atoms with Crippen LogP contribution in [0.1, 0.15) is 19.8 Å². The van der Waals surface area contributed by atoms with E-state index in [0.717, 1.165) is 19.4 Å². The summed E-state index contributed by atoms with van der Waals surface area (Å²) in [6, 6.07) is 0.0972. The molecule has 3 heteroatoms. The molecule has 13 heavy (non-hydrogen) atoms. The maximum Gasteiger partial charge on any atom is 0.146 e. The molecule has 0 fully saturated rings. The van der Waals surface area contributed by atoms with Gasteiger partial charge in [0.25, 0.3) is 0 Å². The number of carbonyl (C=O) groups excluding carboxylic acids is 1. The average molecular weight is 186 g/mol. The number of Topliss-reactive ketones (excluding diaryl/α,β-unsaturated/α-hetero) is 1. The molecule has 0 amide bonds. The molecule has 0 aromatic rings. The third kappa shape index (κ3) is 5.77.